The number of hydrogen-bond acceptors (Lipinski definition) is 2. The first-order valence-corrected chi connectivity index (χ1v) is 6.55. The first kappa shape index (κ1) is 14.0. The molecule has 0 aromatic heterocycles. The van der Waals surface area contributed by atoms with E-state index >= 15 is 0 Å². The Labute approximate surface area is 99.3 Å². The van der Waals surface area contributed by atoms with E-state index in [0.717, 1.165) is 17.0 Å². The number of rotatable bonds is 5. The molecule has 1 aromatic rings. The molecule has 0 bridgehead atoms. The van der Waals surface area contributed by atoms with Crippen molar-refractivity contribution in [3.63, 3.8) is 0 Å². The van der Waals surface area contributed by atoms with E-state index in [9.17, 15) is 17.2 Å². The third-order valence-electron chi connectivity index (χ3n) is 2.10. The van der Waals surface area contributed by atoms with E-state index in [1.54, 1.807) is 0 Å². The van der Waals surface area contributed by atoms with E-state index in [2.05, 4.69) is 4.72 Å². The molecule has 0 aliphatic heterocycles. The smallest absolute Gasteiger partial charge is 0.243 e. The van der Waals surface area contributed by atoms with Crippen molar-refractivity contribution in [2.45, 2.75) is 4.90 Å². The molecule has 0 saturated carbocycles. The van der Waals surface area contributed by atoms with Gasteiger partial charge in [0.1, 0.15) is 16.5 Å². The van der Waals surface area contributed by atoms with Crippen molar-refractivity contribution in [3.05, 3.63) is 29.8 Å². The Morgan fingerprint density at radius 3 is 2.53 bits per heavy atom. The van der Waals surface area contributed by atoms with Gasteiger partial charge in [0.05, 0.1) is 27.2 Å². The van der Waals surface area contributed by atoms with Crippen LogP contribution in [0.2, 0.25) is 0 Å². The lowest BCUT2D eigenvalue weighted by molar-refractivity contribution is -0.856. The minimum Gasteiger partial charge on any atom is -0.339 e. The first-order chi connectivity index (χ1) is 7.83. The molecule has 0 aliphatic carbocycles. The maximum atomic E-state index is 13.3. The van der Waals surface area contributed by atoms with Gasteiger partial charge in [-0.05, 0) is 18.2 Å². The molecule has 0 amide bonds. The van der Waals surface area contributed by atoms with E-state index in [1.165, 1.54) is 0 Å². The number of halogens is 2. The fraction of sp³-hybridized carbons (Fsp3) is 0.400. The maximum Gasteiger partial charge on any atom is 0.243 e. The Kier molecular flexibility index (Phi) is 4.55. The predicted molar refractivity (Wildman–Crippen MR) is 59.2 cm³/mol. The van der Waals surface area contributed by atoms with Gasteiger partial charge in [0.15, 0.2) is 0 Å². The number of quaternary nitrogens is 1. The Morgan fingerprint density at radius 1 is 1.29 bits per heavy atom. The standard InChI is InChI=1S/C10H14F2N2O2S/c1-14(2)6-5-13-17(15,16)10-7-8(11)3-4-9(10)12/h3-4,7,13H,5-6H2,1-2H3/p+1. The number of benzene rings is 1. The molecule has 4 nitrogen and oxygen atoms in total. The molecule has 0 unspecified atom stereocenters. The van der Waals surface area contributed by atoms with Gasteiger partial charge < -0.3 is 4.90 Å². The van der Waals surface area contributed by atoms with Crippen LogP contribution < -0.4 is 9.62 Å². The molecule has 7 heteroatoms. The molecule has 17 heavy (non-hydrogen) atoms. The van der Waals surface area contributed by atoms with Crippen molar-refractivity contribution < 1.29 is 22.1 Å². The van der Waals surface area contributed by atoms with E-state index in [0.29, 0.717) is 12.6 Å². The van der Waals surface area contributed by atoms with Crippen molar-refractivity contribution in [2.75, 3.05) is 27.2 Å². The summed E-state index contributed by atoms with van der Waals surface area (Å²) in [6.45, 7) is 0.719. The highest BCUT2D eigenvalue weighted by molar-refractivity contribution is 7.89. The summed E-state index contributed by atoms with van der Waals surface area (Å²) in [6.07, 6.45) is 0. The lowest BCUT2D eigenvalue weighted by Crippen LogP contribution is -3.06. The van der Waals surface area contributed by atoms with Crippen molar-refractivity contribution in [1.29, 1.82) is 0 Å². The van der Waals surface area contributed by atoms with Gasteiger partial charge in [0.25, 0.3) is 0 Å². The van der Waals surface area contributed by atoms with Crippen LogP contribution >= 0.6 is 0 Å². The van der Waals surface area contributed by atoms with Gasteiger partial charge >= 0.3 is 0 Å². The Hall–Kier alpha value is -1.05. The molecule has 1 rings (SSSR count). The van der Waals surface area contributed by atoms with E-state index in [4.69, 9.17) is 0 Å². The summed E-state index contributed by atoms with van der Waals surface area (Å²) >= 11 is 0. The van der Waals surface area contributed by atoms with Crippen LogP contribution in [-0.2, 0) is 10.0 Å². The minimum absolute atomic E-state index is 0.167. The summed E-state index contributed by atoms with van der Waals surface area (Å²) in [5, 5.41) is 0. The van der Waals surface area contributed by atoms with Crippen molar-refractivity contribution in [2.24, 2.45) is 0 Å². The zero-order chi connectivity index (χ0) is 13.1. The number of sulfonamides is 1. The van der Waals surface area contributed by atoms with Gasteiger partial charge in [-0.1, -0.05) is 0 Å². The lowest BCUT2D eigenvalue weighted by atomic mass is 10.3. The fourth-order valence-corrected chi connectivity index (χ4v) is 2.32. The molecular formula is C10H15F2N2O2S+. The van der Waals surface area contributed by atoms with Crippen LogP contribution in [0.15, 0.2) is 23.1 Å². The molecular weight excluding hydrogens is 250 g/mol. The van der Waals surface area contributed by atoms with Gasteiger partial charge in [-0.25, -0.2) is 21.9 Å². The van der Waals surface area contributed by atoms with Gasteiger partial charge in [0.2, 0.25) is 10.0 Å². The van der Waals surface area contributed by atoms with E-state index < -0.39 is 26.6 Å². The van der Waals surface area contributed by atoms with Crippen LogP contribution in [0.4, 0.5) is 8.78 Å². The van der Waals surface area contributed by atoms with E-state index in [1.807, 2.05) is 14.1 Å². The topological polar surface area (TPSA) is 50.6 Å². The first-order valence-electron chi connectivity index (χ1n) is 5.06. The second-order valence-electron chi connectivity index (χ2n) is 3.93. The second-order valence-corrected chi connectivity index (χ2v) is 5.67. The molecule has 0 saturated heterocycles. The van der Waals surface area contributed by atoms with Crippen LogP contribution in [0, 0.1) is 11.6 Å². The molecule has 0 heterocycles. The van der Waals surface area contributed by atoms with Gasteiger partial charge in [-0.3, -0.25) is 0 Å². The molecule has 0 radical (unpaired) electrons. The highest BCUT2D eigenvalue weighted by atomic mass is 32.2. The van der Waals surface area contributed by atoms with Gasteiger partial charge in [0, 0.05) is 0 Å². The molecule has 1 aromatic carbocycles. The van der Waals surface area contributed by atoms with Gasteiger partial charge in [-0.2, -0.15) is 0 Å². The Morgan fingerprint density at radius 2 is 1.94 bits per heavy atom. The number of hydrogen-bond donors (Lipinski definition) is 2. The summed E-state index contributed by atoms with van der Waals surface area (Å²) in [7, 11) is -0.271. The third kappa shape index (κ3) is 4.03. The molecule has 0 atom stereocenters. The average molecular weight is 265 g/mol. The largest absolute Gasteiger partial charge is 0.339 e. The summed E-state index contributed by atoms with van der Waals surface area (Å²) in [6, 6.07) is 2.33. The summed E-state index contributed by atoms with van der Waals surface area (Å²) in [5.74, 6) is -1.75. The van der Waals surface area contributed by atoms with Crippen LogP contribution in [0.5, 0.6) is 0 Å². The Balaban J connectivity index is 2.86. The van der Waals surface area contributed by atoms with Crippen molar-refractivity contribution in [3.8, 4) is 0 Å². The zero-order valence-electron chi connectivity index (χ0n) is 9.63. The fourth-order valence-electron chi connectivity index (χ4n) is 1.20. The van der Waals surface area contributed by atoms with Crippen LogP contribution in [0.25, 0.3) is 0 Å². The molecule has 0 spiro atoms. The van der Waals surface area contributed by atoms with Crippen LogP contribution in [0.3, 0.4) is 0 Å². The SMILES string of the molecule is C[NH+](C)CCNS(=O)(=O)c1cc(F)ccc1F. The third-order valence-corrected chi connectivity index (χ3v) is 3.58. The second kappa shape index (κ2) is 5.52. The predicted octanol–water partition coefficient (Wildman–Crippen LogP) is -0.612. The monoisotopic (exact) mass is 265 g/mol. The number of likely N-dealkylation sites (N-methyl/N-ethyl adjacent to an activating group) is 1. The van der Waals surface area contributed by atoms with Gasteiger partial charge in [-0.15, -0.1) is 0 Å². The summed E-state index contributed by atoms with van der Waals surface area (Å²) < 4.78 is 51.7. The average Bonchev–Trinajstić information content (AvgIpc) is 2.20. The van der Waals surface area contributed by atoms with Crippen molar-refractivity contribution >= 4 is 10.0 Å². The zero-order valence-corrected chi connectivity index (χ0v) is 10.4. The summed E-state index contributed by atoms with van der Waals surface area (Å²) in [5.41, 5.74) is 0. The quantitative estimate of drug-likeness (QED) is 0.746. The van der Waals surface area contributed by atoms with Crippen molar-refractivity contribution in [1.82, 2.24) is 4.72 Å². The molecule has 2 N–H and O–H groups in total. The highest BCUT2D eigenvalue weighted by Crippen LogP contribution is 2.15. The minimum atomic E-state index is -3.99. The maximum absolute atomic E-state index is 13.3. The molecule has 96 valence electrons. The lowest BCUT2D eigenvalue weighted by Gasteiger charge is -2.09. The Bertz CT molecular complexity index is 489. The number of nitrogens with one attached hydrogen (secondary N) is 2. The molecule has 0 fully saturated rings. The normalized spacial score (nSPS) is 12.1. The molecule has 0 aliphatic rings. The van der Waals surface area contributed by atoms with Crippen LogP contribution in [-0.4, -0.2) is 35.6 Å². The summed E-state index contributed by atoms with van der Waals surface area (Å²) in [4.78, 5) is 0.388. The van der Waals surface area contributed by atoms with E-state index in [-0.39, 0.29) is 6.54 Å². The highest BCUT2D eigenvalue weighted by Gasteiger charge is 2.19. The van der Waals surface area contributed by atoms with Crippen LogP contribution in [0.1, 0.15) is 0 Å².